The van der Waals surface area contributed by atoms with Crippen LogP contribution in [-0.2, 0) is 0 Å². The van der Waals surface area contributed by atoms with Crippen LogP contribution in [0.2, 0.25) is 5.15 Å². The molecule has 1 aliphatic heterocycles. The number of likely N-dealkylation sites (tertiary alicyclic amines) is 1. The highest BCUT2D eigenvalue weighted by Gasteiger charge is 2.20. The molecule has 1 N–H and O–H groups in total. The number of H-pyrrole nitrogens is 1. The lowest BCUT2D eigenvalue weighted by Gasteiger charge is -2.30. The van der Waals surface area contributed by atoms with Gasteiger partial charge in [-0.1, -0.05) is 32.4 Å². The van der Waals surface area contributed by atoms with Crippen LogP contribution in [0, 0.1) is 0 Å². The van der Waals surface area contributed by atoms with Gasteiger partial charge in [0.15, 0.2) is 0 Å². The van der Waals surface area contributed by atoms with Crippen LogP contribution in [0.5, 0.6) is 6.01 Å². The predicted molar refractivity (Wildman–Crippen MR) is 86.7 cm³/mol. The van der Waals surface area contributed by atoms with Crippen molar-refractivity contribution in [1.29, 1.82) is 0 Å². The fraction of sp³-hybridized carbons (Fsp3) is 0.667. The number of ether oxygens (including phenoxy) is 1. The van der Waals surface area contributed by atoms with Gasteiger partial charge in [0, 0.05) is 24.8 Å². The third-order valence-corrected chi connectivity index (χ3v) is 4.13. The monoisotopic (exact) mass is 325 g/mol. The summed E-state index contributed by atoms with van der Waals surface area (Å²) in [6.07, 6.45) is 5.21. The summed E-state index contributed by atoms with van der Waals surface area (Å²) in [4.78, 5) is 10.9. The Morgan fingerprint density at radius 3 is 2.77 bits per heavy atom. The van der Waals surface area contributed by atoms with E-state index in [4.69, 9.17) is 16.3 Å². The van der Waals surface area contributed by atoms with Crippen LogP contribution in [0.3, 0.4) is 0 Å². The highest BCUT2D eigenvalue weighted by Crippen LogP contribution is 2.21. The van der Waals surface area contributed by atoms with Gasteiger partial charge in [-0.25, -0.2) is 0 Å². The molecule has 0 spiro atoms. The highest BCUT2D eigenvalue weighted by atomic mass is 35.5. The molecular formula is C15H24ClN5O. The first-order valence-corrected chi connectivity index (χ1v) is 8.16. The Bertz CT molecular complexity index is 525. The van der Waals surface area contributed by atoms with E-state index < -0.39 is 0 Å². The lowest BCUT2D eigenvalue weighted by molar-refractivity contribution is 0.0956. The third-order valence-electron chi connectivity index (χ3n) is 3.83. The van der Waals surface area contributed by atoms with Crippen LogP contribution in [-0.4, -0.2) is 50.8 Å². The van der Waals surface area contributed by atoms with Crippen molar-refractivity contribution >= 4 is 11.6 Å². The van der Waals surface area contributed by atoms with Gasteiger partial charge in [-0.3, -0.25) is 5.10 Å². The zero-order chi connectivity index (χ0) is 15.9. The molecule has 0 radical (unpaired) electrons. The smallest absolute Gasteiger partial charge is 0.319 e. The Kier molecular flexibility index (Phi) is 6.39. The molecule has 1 fully saturated rings. The van der Waals surface area contributed by atoms with Gasteiger partial charge >= 0.3 is 6.01 Å². The molecule has 0 aliphatic carbocycles. The zero-order valence-electron chi connectivity index (χ0n) is 13.4. The Labute approximate surface area is 136 Å². The van der Waals surface area contributed by atoms with Crippen molar-refractivity contribution < 1.29 is 4.74 Å². The summed E-state index contributed by atoms with van der Waals surface area (Å²) in [5.74, 6) is 0.228. The second kappa shape index (κ2) is 8.29. The van der Waals surface area contributed by atoms with Crippen LogP contribution >= 0.6 is 11.6 Å². The van der Waals surface area contributed by atoms with E-state index in [1.54, 1.807) is 6.20 Å². The minimum atomic E-state index is 0.128. The van der Waals surface area contributed by atoms with E-state index in [-0.39, 0.29) is 18.0 Å². The van der Waals surface area contributed by atoms with Crippen molar-refractivity contribution in [3.63, 3.8) is 0 Å². The van der Waals surface area contributed by atoms with Gasteiger partial charge < -0.3 is 9.64 Å². The number of halogens is 1. The Morgan fingerprint density at radius 2 is 2.14 bits per heavy atom. The summed E-state index contributed by atoms with van der Waals surface area (Å²) >= 11 is 6.30. The molecule has 0 saturated carbocycles. The van der Waals surface area contributed by atoms with Gasteiger partial charge in [0.2, 0.25) is 0 Å². The van der Waals surface area contributed by atoms with Gasteiger partial charge in [0.25, 0.3) is 0 Å². The molecule has 0 bridgehead atoms. The summed E-state index contributed by atoms with van der Waals surface area (Å²) in [6.45, 7) is 9.43. The van der Waals surface area contributed by atoms with Crippen LogP contribution in [0.15, 0.2) is 12.5 Å². The average molecular weight is 326 g/mol. The molecule has 2 heterocycles. The average Bonchev–Trinajstić information content (AvgIpc) is 2.58. The quantitative estimate of drug-likeness (QED) is 0.921. The SMILES string of the molecule is CCN1CCC(Oc2ncn[nH]cc(C(C)C)c(Cl)n2)CC1. The Balaban J connectivity index is 2.17. The van der Waals surface area contributed by atoms with Crippen molar-refractivity contribution in [2.24, 2.45) is 0 Å². The summed E-state index contributed by atoms with van der Waals surface area (Å²) in [5, 5.41) is 7.15. The molecule has 1 saturated heterocycles. The molecular weight excluding hydrogens is 302 g/mol. The maximum Gasteiger partial charge on any atom is 0.319 e. The van der Waals surface area contributed by atoms with Crippen molar-refractivity contribution in [1.82, 2.24) is 25.1 Å². The molecule has 6 nitrogen and oxygen atoms in total. The Morgan fingerprint density at radius 1 is 1.41 bits per heavy atom. The molecule has 1 aromatic rings. The maximum atomic E-state index is 6.30. The molecule has 22 heavy (non-hydrogen) atoms. The first-order valence-electron chi connectivity index (χ1n) is 7.78. The van der Waals surface area contributed by atoms with Gasteiger partial charge in [-0.2, -0.15) is 15.1 Å². The van der Waals surface area contributed by atoms with E-state index in [0.717, 1.165) is 38.0 Å². The standard InChI is InChI=1S/C15H24ClN5O/c1-4-21-7-5-12(6-8-21)22-15-17-10-19-18-9-13(11(2)3)14(16)20-15/h9-12,18H,4-8H2,1-3H3. The minimum Gasteiger partial charge on any atom is -0.460 e. The largest absolute Gasteiger partial charge is 0.460 e. The normalized spacial score (nSPS) is 16.6. The van der Waals surface area contributed by atoms with Gasteiger partial charge in [0.1, 0.15) is 17.6 Å². The summed E-state index contributed by atoms with van der Waals surface area (Å²) in [7, 11) is 0. The van der Waals surface area contributed by atoms with E-state index in [1.807, 2.05) is 13.8 Å². The summed E-state index contributed by atoms with van der Waals surface area (Å²) in [5.41, 5.74) is 0.873. The molecule has 0 aromatic carbocycles. The maximum absolute atomic E-state index is 6.30. The molecule has 0 unspecified atom stereocenters. The molecule has 0 atom stereocenters. The number of aromatic amines is 1. The first-order chi connectivity index (χ1) is 10.6. The number of nitrogens with zero attached hydrogens (tertiary/aromatic N) is 4. The number of nitrogens with one attached hydrogen (secondary N) is 1. The molecule has 1 aromatic heterocycles. The van der Waals surface area contributed by atoms with Crippen LogP contribution in [0.1, 0.15) is 45.1 Å². The summed E-state index contributed by atoms with van der Waals surface area (Å²) in [6, 6.07) is 0.277. The topological polar surface area (TPSA) is 66.9 Å². The van der Waals surface area contributed by atoms with Crippen LogP contribution in [0.4, 0.5) is 0 Å². The van der Waals surface area contributed by atoms with Crippen molar-refractivity contribution in [3.8, 4) is 6.01 Å². The van der Waals surface area contributed by atoms with Gasteiger partial charge in [-0.05, 0) is 25.3 Å². The highest BCUT2D eigenvalue weighted by molar-refractivity contribution is 6.30. The molecule has 0 amide bonds. The van der Waals surface area contributed by atoms with Crippen molar-refractivity contribution in [2.75, 3.05) is 19.6 Å². The zero-order valence-corrected chi connectivity index (χ0v) is 14.2. The third kappa shape index (κ3) is 4.81. The van der Waals surface area contributed by atoms with Crippen molar-refractivity contribution in [2.45, 2.75) is 45.6 Å². The Hall–Kier alpha value is -1.40. The fourth-order valence-corrected chi connectivity index (χ4v) is 2.75. The molecule has 2 rings (SSSR count). The summed E-state index contributed by atoms with van der Waals surface area (Å²) < 4.78 is 5.92. The first kappa shape index (κ1) is 17.0. The lowest BCUT2D eigenvalue weighted by Crippen LogP contribution is -2.38. The number of hydrogen-bond acceptors (Lipinski definition) is 5. The second-order valence-corrected chi connectivity index (χ2v) is 6.05. The number of piperidine rings is 1. The van der Waals surface area contributed by atoms with Gasteiger partial charge in [0.05, 0.1) is 0 Å². The fourth-order valence-electron chi connectivity index (χ4n) is 2.41. The number of aromatic nitrogens is 4. The van der Waals surface area contributed by atoms with E-state index in [1.165, 1.54) is 6.33 Å². The molecule has 122 valence electrons. The predicted octanol–water partition coefficient (Wildman–Crippen LogP) is 2.96. The number of rotatable bonds is 4. The van der Waals surface area contributed by atoms with Crippen LogP contribution in [0.25, 0.3) is 0 Å². The molecule has 1 aliphatic rings. The van der Waals surface area contributed by atoms with E-state index in [9.17, 15) is 0 Å². The van der Waals surface area contributed by atoms with Gasteiger partial charge in [-0.15, -0.1) is 0 Å². The minimum absolute atomic E-state index is 0.128. The number of hydrogen-bond donors (Lipinski definition) is 1. The van der Waals surface area contributed by atoms with Crippen molar-refractivity contribution in [3.05, 3.63) is 23.2 Å². The van der Waals surface area contributed by atoms with E-state index in [2.05, 4.69) is 32.0 Å². The van der Waals surface area contributed by atoms with E-state index >= 15 is 0 Å². The lowest BCUT2D eigenvalue weighted by atomic mass is 10.1. The second-order valence-electron chi connectivity index (χ2n) is 5.69. The molecule has 7 heteroatoms. The van der Waals surface area contributed by atoms with E-state index in [0.29, 0.717) is 5.15 Å². The van der Waals surface area contributed by atoms with Crippen LogP contribution < -0.4 is 4.74 Å².